The summed E-state index contributed by atoms with van der Waals surface area (Å²) in [5.74, 6) is 0.242. The number of nitrogen functional groups attached to an aromatic ring is 1. The van der Waals surface area contributed by atoms with Gasteiger partial charge in [-0.1, -0.05) is 25.1 Å². The zero-order chi connectivity index (χ0) is 32.4. The van der Waals surface area contributed by atoms with Crippen molar-refractivity contribution in [2.24, 2.45) is 0 Å². The number of piperidine rings is 1. The summed E-state index contributed by atoms with van der Waals surface area (Å²) in [4.78, 5) is 26.3. The minimum Gasteiger partial charge on any atom is -0.457 e. The van der Waals surface area contributed by atoms with Gasteiger partial charge in [0.15, 0.2) is 5.65 Å². The van der Waals surface area contributed by atoms with E-state index in [0.29, 0.717) is 67.4 Å². The molecule has 0 radical (unpaired) electrons. The molecule has 11 nitrogen and oxygen atoms in total. The van der Waals surface area contributed by atoms with E-state index in [0.717, 1.165) is 6.54 Å². The molecule has 4 heterocycles. The molecular formula is C34H37FN8O3. The van der Waals surface area contributed by atoms with Crippen LogP contribution >= 0.6 is 0 Å². The van der Waals surface area contributed by atoms with Crippen molar-refractivity contribution >= 4 is 22.8 Å². The third-order valence-corrected chi connectivity index (χ3v) is 8.71. The fourth-order valence-electron chi connectivity index (χ4n) is 6.44. The van der Waals surface area contributed by atoms with Crippen LogP contribution in [0, 0.1) is 17.1 Å². The fraction of sp³-hybridized carbons (Fsp3) is 0.382. The predicted octanol–water partition coefficient (Wildman–Crippen LogP) is 5.12. The van der Waals surface area contributed by atoms with E-state index >= 15 is 4.39 Å². The standard InChI is InChI=1S/C34H37FN8O3/c1-4-42(24-19-45-20-24)34(2,3)16-22(17-36)33(44)41-14-8-9-23(18-41)43-32-29(31(37)38-21-39-32)30(40-43)27-13-12-26(15-28(27)35)46-25-10-6-5-7-11-25/h5-7,10-13,15-16,21,23-24H,4,8-9,14,18-20H2,1-3H3,(H2,37,38,39)/b22-16+/t23-/m1/s1. The molecule has 2 saturated heterocycles. The fourth-order valence-corrected chi connectivity index (χ4v) is 6.44. The Morgan fingerprint density at radius 1 is 1.22 bits per heavy atom. The lowest BCUT2D eigenvalue weighted by Gasteiger charge is -2.45. The Balaban J connectivity index is 1.28. The Kier molecular flexibility index (Phi) is 8.71. The van der Waals surface area contributed by atoms with Crippen molar-refractivity contribution in [2.45, 2.75) is 51.2 Å². The average molecular weight is 625 g/mol. The van der Waals surface area contributed by atoms with Crippen LogP contribution < -0.4 is 10.5 Å². The highest BCUT2D eigenvalue weighted by molar-refractivity contribution is 5.99. The first-order valence-corrected chi connectivity index (χ1v) is 15.5. The SMILES string of the molecule is CCN(C1COC1)C(C)(C)/C=C(\C#N)C(=O)N1CCC[C@@H](n2nc(-c3ccc(Oc4ccccc4)cc3F)c3c(N)ncnc32)C1. The minimum absolute atomic E-state index is 0.0989. The zero-order valence-electron chi connectivity index (χ0n) is 26.2. The number of nitrogens with two attached hydrogens (primary N) is 1. The largest absolute Gasteiger partial charge is 0.457 e. The number of rotatable bonds is 9. The number of likely N-dealkylation sites (tertiary alicyclic amines) is 1. The second-order valence-corrected chi connectivity index (χ2v) is 12.2. The summed E-state index contributed by atoms with van der Waals surface area (Å²) in [5, 5.41) is 15.3. The number of amides is 1. The van der Waals surface area contributed by atoms with Crippen LogP contribution in [0.25, 0.3) is 22.3 Å². The van der Waals surface area contributed by atoms with Gasteiger partial charge in [0.2, 0.25) is 0 Å². The van der Waals surface area contributed by atoms with Gasteiger partial charge in [0, 0.05) is 30.3 Å². The molecule has 46 heavy (non-hydrogen) atoms. The molecule has 1 amide bonds. The number of benzene rings is 2. The van der Waals surface area contributed by atoms with Crippen molar-refractivity contribution in [1.29, 1.82) is 5.26 Å². The highest BCUT2D eigenvalue weighted by Crippen LogP contribution is 2.36. The maximum absolute atomic E-state index is 15.6. The number of carbonyl (C=O) groups is 1. The van der Waals surface area contributed by atoms with Gasteiger partial charge in [0.1, 0.15) is 46.8 Å². The zero-order valence-corrected chi connectivity index (χ0v) is 26.2. The van der Waals surface area contributed by atoms with E-state index in [4.69, 9.17) is 20.3 Å². The number of nitriles is 1. The molecule has 2 N–H and O–H groups in total. The lowest BCUT2D eigenvalue weighted by molar-refractivity contribution is -0.128. The Bertz CT molecular complexity index is 1810. The summed E-state index contributed by atoms with van der Waals surface area (Å²) < 4.78 is 28.5. The Labute approximate surface area is 267 Å². The van der Waals surface area contributed by atoms with Crippen LogP contribution in [0.2, 0.25) is 0 Å². The average Bonchev–Trinajstić information content (AvgIpc) is 3.42. The van der Waals surface area contributed by atoms with E-state index in [9.17, 15) is 10.1 Å². The quantitative estimate of drug-likeness (QED) is 0.199. The molecule has 2 fully saturated rings. The Morgan fingerprint density at radius 3 is 2.67 bits per heavy atom. The summed E-state index contributed by atoms with van der Waals surface area (Å²) in [6.45, 7) is 8.94. The molecule has 1 atom stereocenters. The van der Waals surface area contributed by atoms with Crippen molar-refractivity contribution in [3.63, 3.8) is 0 Å². The lowest BCUT2D eigenvalue weighted by Crippen LogP contribution is -2.57. The number of ether oxygens (including phenoxy) is 2. The number of hydrogen-bond acceptors (Lipinski definition) is 9. The van der Waals surface area contributed by atoms with Gasteiger partial charge in [0.05, 0.1) is 30.7 Å². The van der Waals surface area contributed by atoms with E-state index in [1.807, 2.05) is 32.0 Å². The van der Waals surface area contributed by atoms with Crippen molar-refractivity contribution in [3.8, 4) is 28.8 Å². The highest BCUT2D eigenvalue weighted by atomic mass is 19.1. The monoisotopic (exact) mass is 624 g/mol. The molecule has 4 aromatic rings. The number of hydrogen-bond donors (Lipinski definition) is 1. The molecule has 2 aromatic heterocycles. The molecule has 0 spiro atoms. The van der Waals surface area contributed by atoms with Crippen molar-refractivity contribution < 1.29 is 18.7 Å². The van der Waals surface area contributed by atoms with Crippen molar-refractivity contribution in [1.82, 2.24) is 29.5 Å². The second kappa shape index (κ2) is 12.9. The molecular weight excluding hydrogens is 587 g/mol. The smallest absolute Gasteiger partial charge is 0.264 e. The molecule has 12 heteroatoms. The van der Waals surface area contributed by atoms with E-state index in [1.54, 1.807) is 39.9 Å². The highest BCUT2D eigenvalue weighted by Gasteiger charge is 2.36. The second-order valence-electron chi connectivity index (χ2n) is 12.2. The number of halogens is 1. The number of para-hydroxylation sites is 1. The first-order chi connectivity index (χ1) is 22.2. The van der Waals surface area contributed by atoms with E-state index in [1.165, 1.54) is 12.4 Å². The minimum atomic E-state index is -0.537. The van der Waals surface area contributed by atoms with Gasteiger partial charge in [-0.25, -0.2) is 19.0 Å². The number of aromatic nitrogens is 4. The van der Waals surface area contributed by atoms with Crippen LogP contribution in [-0.4, -0.2) is 79.9 Å². The van der Waals surface area contributed by atoms with Crippen LogP contribution in [-0.2, 0) is 9.53 Å². The first-order valence-electron chi connectivity index (χ1n) is 15.5. The summed E-state index contributed by atoms with van der Waals surface area (Å²) in [5.41, 5.74) is 6.87. The normalized spacial score (nSPS) is 17.6. The summed E-state index contributed by atoms with van der Waals surface area (Å²) in [6.07, 6.45) is 4.52. The molecule has 0 unspecified atom stereocenters. The third kappa shape index (κ3) is 6.03. The Morgan fingerprint density at radius 2 is 2.00 bits per heavy atom. The summed E-state index contributed by atoms with van der Waals surface area (Å²) >= 11 is 0. The van der Waals surface area contributed by atoms with Crippen molar-refractivity contribution in [2.75, 3.05) is 38.6 Å². The molecule has 6 rings (SSSR count). The Hall–Kier alpha value is -4.86. The third-order valence-electron chi connectivity index (χ3n) is 8.71. The van der Waals surface area contributed by atoms with Crippen LogP contribution in [0.1, 0.15) is 39.7 Å². The molecule has 2 aromatic carbocycles. The molecule has 0 saturated carbocycles. The van der Waals surface area contributed by atoms with Gasteiger partial charge in [0.25, 0.3) is 5.91 Å². The maximum Gasteiger partial charge on any atom is 0.264 e. The molecule has 2 aliphatic rings. The van der Waals surface area contributed by atoms with E-state index in [2.05, 4.69) is 27.9 Å². The van der Waals surface area contributed by atoms with E-state index in [-0.39, 0.29) is 34.9 Å². The number of fused-ring (bicyclic) bond motifs is 1. The lowest BCUT2D eigenvalue weighted by atomic mass is 9.95. The maximum atomic E-state index is 15.6. The van der Waals surface area contributed by atoms with Gasteiger partial charge in [-0.2, -0.15) is 10.4 Å². The summed E-state index contributed by atoms with van der Waals surface area (Å²) in [7, 11) is 0. The van der Waals surface area contributed by atoms with Gasteiger partial charge in [-0.3, -0.25) is 9.69 Å². The topological polar surface area (TPSA) is 135 Å². The van der Waals surface area contributed by atoms with Crippen LogP contribution in [0.4, 0.5) is 10.2 Å². The van der Waals surface area contributed by atoms with Gasteiger partial charge in [-0.15, -0.1) is 0 Å². The summed E-state index contributed by atoms with van der Waals surface area (Å²) in [6, 6.07) is 15.8. The molecule has 238 valence electrons. The van der Waals surface area contributed by atoms with Gasteiger partial charge < -0.3 is 20.1 Å². The van der Waals surface area contributed by atoms with Crippen LogP contribution in [0.5, 0.6) is 11.5 Å². The number of nitrogens with zero attached hydrogens (tertiary/aromatic N) is 7. The van der Waals surface area contributed by atoms with Gasteiger partial charge in [-0.05, 0) is 63.6 Å². The van der Waals surface area contributed by atoms with E-state index < -0.39 is 11.4 Å². The first kappa shape index (κ1) is 31.1. The van der Waals surface area contributed by atoms with Crippen LogP contribution in [0.15, 0.2) is 66.5 Å². The molecule has 2 aliphatic heterocycles. The number of anilines is 1. The molecule has 0 aliphatic carbocycles. The molecule has 0 bridgehead atoms. The van der Waals surface area contributed by atoms with Crippen molar-refractivity contribution in [3.05, 3.63) is 72.3 Å². The van der Waals surface area contributed by atoms with Gasteiger partial charge >= 0.3 is 0 Å². The number of likely N-dealkylation sites (N-methyl/N-ethyl adjacent to an activating group) is 1. The predicted molar refractivity (Wildman–Crippen MR) is 171 cm³/mol. The van der Waals surface area contributed by atoms with Crippen LogP contribution in [0.3, 0.4) is 0 Å². The number of carbonyl (C=O) groups excluding carboxylic acids is 1.